The number of hydrogen-bond donors (Lipinski definition) is 1. The van der Waals surface area contributed by atoms with Gasteiger partial charge in [0.15, 0.2) is 0 Å². The fourth-order valence-electron chi connectivity index (χ4n) is 2.51. The van der Waals surface area contributed by atoms with Crippen LogP contribution in [0.4, 0.5) is 4.39 Å². The third-order valence-electron chi connectivity index (χ3n) is 4.01. The zero-order valence-electron chi connectivity index (χ0n) is 12.1. The lowest BCUT2D eigenvalue weighted by atomic mass is 10.1. The average molecular weight is 293 g/mol. The number of benzene rings is 1. The summed E-state index contributed by atoms with van der Waals surface area (Å²) in [5.74, 6) is -1.66. The van der Waals surface area contributed by atoms with Crippen molar-refractivity contribution in [3.8, 4) is 0 Å². The first-order valence-electron chi connectivity index (χ1n) is 7.22. The number of carbonyl (C=O) groups excluding carboxylic acids is 1. The summed E-state index contributed by atoms with van der Waals surface area (Å²) in [4.78, 5) is 24.2. The Morgan fingerprint density at radius 2 is 1.90 bits per heavy atom. The van der Waals surface area contributed by atoms with E-state index in [1.165, 1.54) is 10.5 Å². The minimum Gasteiger partial charge on any atom is -0.479 e. The van der Waals surface area contributed by atoms with Crippen LogP contribution in [0.25, 0.3) is 0 Å². The first-order chi connectivity index (χ1) is 9.94. The number of nitrogens with zero attached hydrogens (tertiary/aromatic N) is 1. The second-order valence-corrected chi connectivity index (χ2v) is 5.51. The van der Waals surface area contributed by atoms with E-state index in [0.717, 1.165) is 12.0 Å². The van der Waals surface area contributed by atoms with Crippen molar-refractivity contribution in [2.24, 2.45) is 0 Å². The summed E-state index contributed by atoms with van der Waals surface area (Å²) in [7, 11) is 0. The number of halogens is 1. The Hall–Kier alpha value is -1.91. The Kier molecular flexibility index (Phi) is 4.60. The lowest BCUT2D eigenvalue weighted by molar-refractivity contribution is -0.150. The zero-order valence-corrected chi connectivity index (χ0v) is 12.1. The molecule has 1 unspecified atom stereocenters. The molecule has 0 saturated carbocycles. The van der Waals surface area contributed by atoms with Gasteiger partial charge in [-0.3, -0.25) is 4.79 Å². The molecule has 5 heteroatoms. The molecule has 1 aromatic rings. The number of carboxylic acids is 1. The Balaban J connectivity index is 1.86. The van der Waals surface area contributed by atoms with Crippen LogP contribution in [0.1, 0.15) is 30.9 Å². The van der Waals surface area contributed by atoms with Gasteiger partial charge in [0.05, 0.1) is 6.54 Å². The Labute approximate surface area is 123 Å². The van der Waals surface area contributed by atoms with E-state index in [1.807, 2.05) is 24.3 Å². The van der Waals surface area contributed by atoms with Crippen molar-refractivity contribution in [1.29, 1.82) is 0 Å². The van der Waals surface area contributed by atoms with Gasteiger partial charge in [-0.2, -0.15) is 0 Å². The van der Waals surface area contributed by atoms with Crippen molar-refractivity contribution < 1.29 is 19.1 Å². The molecule has 0 aliphatic carbocycles. The maximum Gasteiger partial charge on any atom is 0.343 e. The molecule has 0 bridgehead atoms. The molecular weight excluding hydrogens is 273 g/mol. The molecule has 4 nitrogen and oxygen atoms in total. The van der Waals surface area contributed by atoms with Crippen LogP contribution in [0, 0.1) is 0 Å². The number of aryl methyl sites for hydroxylation is 2. The van der Waals surface area contributed by atoms with Crippen molar-refractivity contribution in [3.63, 3.8) is 0 Å². The fraction of sp³-hybridized carbons (Fsp3) is 0.500. The predicted molar refractivity (Wildman–Crippen MR) is 76.8 cm³/mol. The van der Waals surface area contributed by atoms with Crippen LogP contribution >= 0.6 is 0 Å². The van der Waals surface area contributed by atoms with E-state index in [9.17, 15) is 14.0 Å². The molecule has 1 N–H and O–H groups in total. The second kappa shape index (κ2) is 6.24. The molecule has 1 saturated heterocycles. The number of carboxylic acid groups (broad SMARTS) is 1. The molecule has 0 spiro atoms. The summed E-state index contributed by atoms with van der Waals surface area (Å²) >= 11 is 0. The quantitative estimate of drug-likeness (QED) is 0.905. The lowest BCUT2D eigenvalue weighted by Gasteiger charge is -2.17. The third kappa shape index (κ3) is 3.60. The normalized spacial score (nSPS) is 21.5. The minimum absolute atomic E-state index is 0.126. The van der Waals surface area contributed by atoms with Crippen LogP contribution in [0.3, 0.4) is 0 Å². The van der Waals surface area contributed by atoms with E-state index < -0.39 is 11.6 Å². The molecule has 1 atom stereocenters. The number of aliphatic carboxylic acids is 1. The molecule has 0 radical (unpaired) electrons. The van der Waals surface area contributed by atoms with Gasteiger partial charge in [-0.1, -0.05) is 31.2 Å². The summed E-state index contributed by atoms with van der Waals surface area (Å²) in [5, 5.41) is 8.82. The van der Waals surface area contributed by atoms with Gasteiger partial charge < -0.3 is 10.0 Å². The number of alkyl halides is 1. The Bertz CT molecular complexity index is 529. The van der Waals surface area contributed by atoms with Crippen molar-refractivity contribution >= 4 is 11.9 Å². The number of amides is 1. The zero-order chi connectivity index (χ0) is 15.5. The molecule has 1 heterocycles. The average Bonchev–Trinajstić information content (AvgIpc) is 2.89. The van der Waals surface area contributed by atoms with E-state index >= 15 is 0 Å². The number of likely N-dealkylation sites (tertiary alicyclic amines) is 1. The monoisotopic (exact) mass is 293 g/mol. The first kappa shape index (κ1) is 15.5. The van der Waals surface area contributed by atoms with Crippen molar-refractivity contribution in [2.75, 3.05) is 13.1 Å². The predicted octanol–water partition coefficient (Wildman–Crippen LogP) is 2.21. The standard InChI is InChI=1S/C16H20FNO3/c1-2-12-3-5-13(6-4-12)7-8-14(19)18-10-9-16(17,11-18)15(20)21/h3-6H,2,7-11H2,1H3,(H,20,21). The summed E-state index contributed by atoms with van der Waals surface area (Å²) in [6.07, 6.45) is 1.72. The minimum atomic E-state index is -2.28. The highest BCUT2D eigenvalue weighted by atomic mass is 19.1. The molecular formula is C16H20FNO3. The number of carbonyl (C=O) groups is 2. The maximum absolute atomic E-state index is 13.9. The molecule has 1 aromatic carbocycles. The Morgan fingerprint density at radius 1 is 1.29 bits per heavy atom. The lowest BCUT2D eigenvalue weighted by Crippen LogP contribution is -2.38. The highest BCUT2D eigenvalue weighted by Crippen LogP contribution is 2.26. The van der Waals surface area contributed by atoms with Crippen LogP contribution in [0.15, 0.2) is 24.3 Å². The summed E-state index contributed by atoms with van der Waals surface area (Å²) in [6, 6.07) is 8.05. The number of hydrogen-bond acceptors (Lipinski definition) is 2. The molecule has 1 aliphatic heterocycles. The summed E-state index contributed by atoms with van der Waals surface area (Å²) in [6.45, 7) is 1.92. The van der Waals surface area contributed by atoms with Gasteiger partial charge >= 0.3 is 5.97 Å². The van der Waals surface area contributed by atoms with Gasteiger partial charge in [0.2, 0.25) is 11.6 Å². The molecule has 1 aliphatic rings. The first-order valence-corrected chi connectivity index (χ1v) is 7.22. The van der Waals surface area contributed by atoms with Crippen molar-refractivity contribution in [1.82, 2.24) is 4.90 Å². The highest BCUT2D eigenvalue weighted by Gasteiger charge is 2.46. The van der Waals surface area contributed by atoms with Gasteiger partial charge in [0.1, 0.15) is 0 Å². The maximum atomic E-state index is 13.9. The van der Waals surface area contributed by atoms with Gasteiger partial charge in [-0.05, 0) is 24.0 Å². The third-order valence-corrected chi connectivity index (χ3v) is 4.01. The van der Waals surface area contributed by atoms with Crippen LogP contribution in [0.2, 0.25) is 0 Å². The van der Waals surface area contributed by atoms with Gasteiger partial charge in [-0.25, -0.2) is 9.18 Å². The van der Waals surface area contributed by atoms with Gasteiger partial charge in [0.25, 0.3) is 0 Å². The van der Waals surface area contributed by atoms with E-state index in [4.69, 9.17) is 5.11 Å². The smallest absolute Gasteiger partial charge is 0.343 e. The largest absolute Gasteiger partial charge is 0.479 e. The number of rotatable bonds is 5. The highest BCUT2D eigenvalue weighted by molar-refractivity contribution is 5.82. The van der Waals surface area contributed by atoms with Crippen molar-refractivity contribution in [2.45, 2.75) is 38.3 Å². The van der Waals surface area contributed by atoms with Crippen LogP contribution < -0.4 is 0 Å². The molecule has 1 amide bonds. The second-order valence-electron chi connectivity index (χ2n) is 5.51. The van der Waals surface area contributed by atoms with E-state index in [-0.39, 0.29) is 31.8 Å². The summed E-state index contributed by atoms with van der Waals surface area (Å²) < 4.78 is 13.9. The van der Waals surface area contributed by atoms with Crippen molar-refractivity contribution in [3.05, 3.63) is 35.4 Å². The topological polar surface area (TPSA) is 57.6 Å². The van der Waals surface area contributed by atoms with Gasteiger partial charge in [-0.15, -0.1) is 0 Å². The molecule has 114 valence electrons. The fourth-order valence-corrected chi connectivity index (χ4v) is 2.51. The van der Waals surface area contributed by atoms with E-state index in [1.54, 1.807) is 0 Å². The molecule has 21 heavy (non-hydrogen) atoms. The molecule has 2 rings (SSSR count). The summed E-state index contributed by atoms with van der Waals surface area (Å²) in [5.41, 5.74) is 0.0242. The van der Waals surface area contributed by atoms with Crippen LogP contribution in [-0.4, -0.2) is 40.6 Å². The Morgan fingerprint density at radius 3 is 2.43 bits per heavy atom. The molecule has 0 aromatic heterocycles. The SMILES string of the molecule is CCc1ccc(CCC(=O)N2CCC(F)(C(=O)O)C2)cc1. The molecule has 1 fully saturated rings. The van der Waals surface area contributed by atoms with Gasteiger partial charge in [0, 0.05) is 19.4 Å². The van der Waals surface area contributed by atoms with Crippen LogP contribution in [0.5, 0.6) is 0 Å². The van der Waals surface area contributed by atoms with Crippen LogP contribution in [-0.2, 0) is 22.4 Å². The van der Waals surface area contributed by atoms with E-state index in [2.05, 4.69) is 6.92 Å². The van der Waals surface area contributed by atoms with E-state index in [0.29, 0.717) is 6.42 Å².